The zero-order valence-electron chi connectivity index (χ0n) is 23.6. The number of fused-ring (bicyclic) bond motifs is 3. The van der Waals surface area contributed by atoms with Crippen LogP contribution < -0.4 is 16.0 Å². The zero-order valence-corrected chi connectivity index (χ0v) is 25.1. The number of rotatable bonds is 4. The largest absolute Gasteiger partial charge is 0.481 e. The Bertz CT molecular complexity index is 1450. The number of amides is 2. The van der Waals surface area contributed by atoms with E-state index >= 15 is 4.39 Å². The lowest BCUT2D eigenvalue weighted by molar-refractivity contribution is -0.142. The lowest BCUT2D eigenvalue weighted by Gasteiger charge is -2.50. The predicted octanol–water partition coefficient (Wildman–Crippen LogP) is 5.57. The Balaban J connectivity index is 1.49. The van der Waals surface area contributed by atoms with Gasteiger partial charge in [0.25, 0.3) is 0 Å². The van der Waals surface area contributed by atoms with Crippen LogP contribution in [0.25, 0.3) is 0 Å². The number of anilines is 1. The number of aliphatic carboxylic acids is 1. The molecule has 4 N–H and O–H groups in total. The second-order valence-electron chi connectivity index (χ2n) is 13.2. The summed E-state index contributed by atoms with van der Waals surface area (Å²) in [6, 6.07) is 5.57. The summed E-state index contributed by atoms with van der Waals surface area (Å²) >= 11 is 12.6. The average molecular weight is 618 g/mol. The van der Waals surface area contributed by atoms with Crippen molar-refractivity contribution in [1.82, 2.24) is 15.6 Å². The number of pyridine rings is 1. The number of halogens is 3. The lowest BCUT2D eigenvalue weighted by Crippen LogP contribution is -2.61. The van der Waals surface area contributed by atoms with Gasteiger partial charge < -0.3 is 15.7 Å². The first-order valence-electron chi connectivity index (χ1n) is 14.6. The summed E-state index contributed by atoms with van der Waals surface area (Å²) in [5.41, 5.74) is -0.775. The molecule has 8 nitrogen and oxygen atoms in total. The normalized spacial score (nSPS) is 31.1. The molecule has 3 atom stereocenters. The Hall–Kier alpha value is -2.75. The highest BCUT2D eigenvalue weighted by Gasteiger charge is 2.73. The van der Waals surface area contributed by atoms with Gasteiger partial charge in [0.2, 0.25) is 11.8 Å². The number of carboxylic acid groups (broad SMARTS) is 1. The minimum absolute atomic E-state index is 0.0376. The molecule has 4 aliphatic rings. The molecule has 3 heterocycles. The Kier molecular flexibility index (Phi) is 7.30. The first kappa shape index (κ1) is 29.3. The van der Waals surface area contributed by atoms with Gasteiger partial charge in [-0.05, 0) is 86.1 Å². The van der Waals surface area contributed by atoms with Crippen molar-refractivity contribution in [2.24, 2.45) is 11.3 Å². The molecule has 2 aromatic rings. The lowest BCUT2D eigenvalue weighted by atomic mass is 9.53. The highest BCUT2D eigenvalue weighted by atomic mass is 35.5. The molecule has 2 aliphatic heterocycles. The Morgan fingerprint density at radius 3 is 2.43 bits per heavy atom. The summed E-state index contributed by atoms with van der Waals surface area (Å²) in [5, 5.41) is 19.3. The summed E-state index contributed by atoms with van der Waals surface area (Å²) in [5.74, 6) is -3.60. The van der Waals surface area contributed by atoms with Gasteiger partial charge in [0.05, 0.1) is 12.0 Å². The molecule has 2 aliphatic carbocycles. The average Bonchev–Trinajstić information content (AvgIpc) is 3.40. The Labute approximate surface area is 254 Å². The van der Waals surface area contributed by atoms with Gasteiger partial charge in [0, 0.05) is 34.4 Å². The van der Waals surface area contributed by atoms with Crippen molar-refractivity contribution in [3.05, 3.63) is 57.6 Å². The van der Waals surface area contributed by atoms with Gasteiger partial charge in [-0.1, -0.05) is 43.1 Å². The number of benzene rings is 1. The minimum Gasteiger partial charge on any atom is -0.481 e. The predicted molar refractivity (Wildman–Crippen MR) is 157 cm³/mol. The van der Waals surface area contributed by atoms with E-state index in [0.717, 1.165) is 12.8 Å². The number of aromatic nitrogens is 1. The third kappa shape index (κ3) is 4.50. The van der Waals surface area contributed by atoms with Gasteiger partial charge in [-0.25, -0.2) is 9.37 Å². The van der Waals surface area contributed by atoms with Crippen LogP contribution in [0.15, 0.2) is 30.5 Å². The van der Waals surface area contributed by atoms with Crippen molar-refractivity contribution in [1.29, 1.82) is 0 Å². The third-order valence-electron chi connectivity index (χ3n) is 10.4. The van der Waals surface area contributed by atoms with E-state index in [0.29, 0.717) is 54.8 Å². The van der Waals surface area contributed by atoms with Crippen molar-refractivity contribution in [3.8, 4) is 0 Å². The van der Waals surface area contributed by atoms with Gasteiger partial charge in [-0.2, -0.15) is 0 Å². The summed E-state index contributed by atoms with van der Waals surface area (Å²) in [4.78, 5) is 44.1. The number of nitrogens with one attached hydrogen (secondary N) is 3. The molecule has 2 saturated carbocycles. The van der Waals surface area contributed by atoms with Crippen molar-refractivity contribution < 1.29 is 23.9 Å². The molecule has 1 aromatic carbocycles. The van der Waals surface area contributed by atoms with Crippen molar-refractivity contribution in [2.75, 3.05) is 5.32 Å². The van der Waals surface area contributed by atoms with Crippen LogP contribution in [0.1, 0.15) is 82.3 Å². The van der Waals surface area contributed by atoms with E-state index in [4.69, 9.17) is 23.2 Å². The molecule has 42 heavy (non-hydrogen) atoms. The van der Waals surface area contributed by atoms with Crippen LogP contribution in [0.5, 0.6) is 0 Å². The monoisotopic (exact) mass is 616 g/mol. The van der Waals surface area contributed by atoms with E-state index < -0.39 is 40.6 Å². The molecule has 0 unspecified atom stereocenters. The fourth-order valence-corrected chi connectivity index (χ4v) is 8.44. The topological polar surface area (TPSA) is 120 Å². The SMILES string of the molecule is CC1(C)CCC2(CC1)N[C@@H](C(=O)NC1CCC(C(=O)O)CC1)[C@H](c1ccnc(Cl)c1F)[C@]21C(=O)Nc2cc(Cl)ccc21. The first-order valence-corrected chi connectivity index (χ1v) is 15.4. The number of nitrogens with zero attached hydrogens (tertiary/aromatic N) is 1. The maximum absolute atomic E-state index is 16.0. The molecule has 2 amide bonds. The van der Waals surface area contributed by atoms with Gasteiger partial charge in [0.1, 0.15) is 5.41 Å². The van der Waals surface area contributed by atoms with E-state index in [1.807, 2.05) is 6.07 Å². The summed E-state index contributed by atoms with van der Waals surface area (Å²) in [6.45, 7) is 4.39. The first-order chi connectivity index (χ1) is 19.9. The summed E-state index contributed by atoms with van der Waals surface area (Å²) in [7, 11) is 0. The molecule has 0 radical (unpaired) electrons. The molecule has 224 valence electrons. The molecule has 11 heteroatoms. The van der Waals surface area contributed by atoms with E-state index in [9.17, 15) is 19.5 Å². The molecular weight excluding hydrogens is 582 g/mol. The molecule has 2 spiro atoms. The standard InChI is InChI=1S/C31H35Cl2FN4O4/c1-29(2)10-12-30(13-11-29)31(20-8-5-17(32)15-21(20)37-28(31)42)22(19-9-14-35-25(33)23(19)34)24(38-30)26(39)36-18-6-3-16(4-7-18)27(40)41/h5,8-9,14-16,18,22,24,38H,3-4,6-7,10-13H2,1-2H3,(H,36,39)(H,37,42)(H,40,41)/t16?,18?,22-,24+,31+/m0/s1. The van der Waals surface area contributed by atoms with Crippen LogP contribution in [-0.2, 0) is 19.8 Å². The molecule has 0 bridgehead atoms. The van der Waals surface area contributed by atoms with Crippen LogP contribution in [0.2, 0.25) is 10.2 Å². The van der Waals surface area contributed by atoms with Gasteiger partial charge in [0.15, 0.2) is 11.0 Å². The smallest absolute Gasteiger partial charge is 0.306 e. The molecule has 3 fully saturated rings. The van der Waals surface area contributed by atoms with E-state index in [1.165, 1.54) is 12.3 Å². The fourth-order valence-electron chi connectivity index (χ4n) is 8.10. The molecular formula is C31H35Cl2FN4O4. The number of carbonyl (C=O) groups excluding carboxylic acids is 2. The quantitative estimate of drug-likeness (QED) is 0.333. The second-order valence-corrected chi connectivity index (χ2v) is 14.0. The van der Waals surface area contributed by atoms with E-state index in [1.54, 1.807) is 12.1 Å². The van der Waals surface area contributed by atoms with Gasteiger partial charge in [-0.15, -0.1) is 0 Å². The van der Waals surface area contributed by atoms with Crippen LogP contribution in [0.4, 0.5) is 10.1 Å². The minimum atomic E-state index is -1.34. The van der Waals surface area contributed by atoms with Crippen LogP contribution in [0.3, 0.4) is 0 Å². The van der Waals surface area contributed by atoms with Crippen LogP contribution in [0, 0.1) is 17.2 Å². The molecule has 1 aromatic heterocycles. The van der Waals surface area contributed by atoms with Crippen LogP contribution in [-0.4, -0.2) is 45.5 Å². The van der Waals surface area contributed by atoms with Crippen molar-refractivity contribution in [2.45, 2.75) is 94.2 Å². The van der Waals surface area contributed by atoms with Gasteiger partial charge in [-0.3, -0.25) is 19.7 Å². The van der Waals surface area contributed by atoms with E-state index in [2.05, 4.69) is 34.8 Å². The number of carbonyl (C=O) groups is 3. The Morgan fingerprint density at radius 2 is 1.76 bits per heavy atom. The maximum Gasteiger partial charge on any atom is 0.306 e. The highest BCUT2D eigenvalue weighted by molar-refractivity contribution is 6.31. The van der Waals surface area contributed by atoms with Crippen molar-refractivity contribution in [3.63, 3.8) is 0 Å². The fraction of sp³-hybridized carbons (Fsp3) is 0.548. The molecule has 6 rings (SSSR count). The number of hydrogen-bond acceptors (Lipinski definition) is 5. The maximum atomic E-state index is 16.0. The van der Waals surface area contributed by atoms with Crippen molar-refractivity contribution >= 4 is 46.7 Å². The van der Waals surface area contributed by atoms with E-state index in [-0.39, 0.29) is 34.0 Å². The van der Waals surface area contributed by atoms with Gasteiger partial charge >= 0.3 is 5.97 Å². The molecule has 1 saturated heterocycles. The highest BCUT2D eigenvalue weighted by Crippen LogP contribution is 2.64. The number of hydrogen-bond donors (Lipinski definition) is 4. The zero-order chi connectivity index (χ0) is 30.0. The third-order valence-corrected chi connectivity index (χ3v) is 10.9. The summed E-state index contributed by atoms with van der Waals surface area (Å²) in [6.07, 6.45) is 6.20. The van der Waals surface area contributed by atoms with Crippen LogP contribution >= 0.6 is 23.2 Å². The Morgan fingerprint density at radius 1 is 1.07 bits per heavy atom. The number of carboxylic acids is 1. The second kappa shape index (κ2) is 10.5. The summed E-state index contributed by atoms with van der Waals surface area (Å²) < 4.78 is 16.0.